The van der Waals surface area contributed by atoms with Gasteiger partial charge in [0.25, 0.3) is 0 Å². The highest BCUT2D eigenvalue weighted by molar-refractivity contribution is 5.51. The molecule has 0 aliphatic rings. The summed E-state index contributed by atoms with van der Waals surface area (Å²) in [5, 5.41) is 36.2. The van der Waals surface area contributed by atoms with Gasteiger partial charge in [0.1, 0.15) is 47.3 Å². The van der Waals surface area contributed by atoms with Gasteiger partial charge in [0.05, 0.1) is 22.3 Å². The van der Waals surface area contributed by atoms with Crippen LogP contribution in [0, 0.1) is 45.3 Å². The van der Waals surface area contributed by atoms with Gasteiger partial charge in [-0.1, -0.05) is 6.07 Å². The zero-order chi connectivity index (χ0) is 19.9. The Labute approximate surface area is 161 Å². The van der Waals surface area contributed by atoms with Crippen LogP contribution in [0.2, 0.25) is 0 Å². The third-order valence-corrected chi connectivity index (χ3v) is 3.74. The number of hydrogen-bond donors (Lipinski definition) is 0. The lowest BCUT2D eigenvalue weighted by atomic mass is 10.1. The Morgan fingerprint density at radius 2 is 0.857 bits per heavy atom. The maximum absolute atomic E-state index is 9.11. The quantitative estimate of drug-likeness (QED) is 0.661. The monoisotopic (exact) mass is 362 g/mol. The van der Waals surface area contributed by atoms with Crippen LogP contribution < -0.4 is 9.47 Å². The summed E-state index contributed by atoms with van der Waals surface area (Å²) >= 11 is 0. The second kappa shape index (κ2) is 8.07. The molecular weight excluding hydrogens is 352 g/mol. The highest BCUT2D eigenvalue weighted by Gasteiger charge is 2.07. The maximum atomic E-state index is 9.11. The summed E-state index contributed by atoms with van der Waals surface area (Å²) in [5.41, 5.74) is 1.02. The molecule has 6 heteroatoms. The van der Waals surface area contributed by atoms with Crippen molar-refractivity contribution in [2.24, 2.45) is 0 Å². The molecule has 0 aromatic heterocycles. The Hall–Kier alpha value is -4.78. The van der Waals surface area contributed by atoms with E-state index in [9.17, 15) is 0 Å². The van der Waals surface area contributed by atoms with Gasteiger partial charge in [0.2, 0.25) is 0 Å². The molecule has 0 heterocycles. The van der Waals surface area contributed by atoms with Crippen molar-refractivity contribution in [1.82, 2.24) is 0 Å². The molecule has 0 saturated heterocycles. The van der Waals surface area contributed by atoms with Crippen molar-refractivity contribution in [3.05, 3.63) is 82.9 Å². The highest BCUT2D eigenvalue weighted by Crippen LogP contribution is 2.30. The Bertz CT molecular complexity index is 1130. The summed E-state index contributed by atoms with van der Waals surface area (Å²) in [4.78, 5) is 0. The van der Waals surface area contributed by atoms with Crippen molar-refractivity contribution in [3.8, 4) is 47.3 Å². The highest BCUT2D eigenvalue weighted by atomic mass is 16.5. The van der Waals surface area contributed by atoms with Gasteiger partial charge in [-0.05, 0) is 48.5 Å². The van der Waals surface area contributed by atoms with Gasteiger partial charge in [0.15, 0.2) is 0 Å². The van der Waals surface area contributed by atoms with E-state index in [1.165, 1.54) is 24.3 Å². The molecule has 0 amide bonds. The van der Waals surface area contributed by atoms with E-state index in [2.05, 4.69) is 0 Å². The fourth-order valence-electron chi connectivity index (χ4n) is 2.43. The van der Waals surface area contributed by atoms with Gasteiger partial charge < -0.3 is 9.47 Å². The van der Waals surface area contributed by atoms with Crippen LogP contribution in [0.1, 0.15) is 22.3 Å². The van der Waals surface area contributed by atoms with Crippen molar-refractivity contribution in [1.29, 1.82) is 21.0 Å². The summed E-state index contributed by atoms with van der Waals surface area (Å²) in [7, 11) is 0. The third kappa shape index (κ3) is 3.89. The normalized spacial score (nSPS) is 9.29. The van der Waals surface area contributed by atoms with Gasteiger partial charge in [-0.25, -0.2) is 0 Å². The lowest BCUT2D eigenvalue weighted by Gasteiger charge is -2.10. The SMILES string of the molecule is N#Cc1ccc(Oc2cccc(Oc3ccc(C#N)c(C#N)c3)c2)cc1C#N. The Morgan fingerprint density at radius 3 is 1.25 bits per heavy atom. The molecule has 3 rings (SSSR count). The first-order chi connectivity index (χ1) is 13.7. The van der Waals surface area contributed by atoms with E-state index in [1.807, 2.05) is 24.3 Å². The van der Waals surface area contributed by atoms with E-state index in [1.54, 1.807) is 36.4 Å². The first-order valence-electron chi connectivity index (χ1n) is 8.01. The third-order valence-electron chi connectivity index (χ3n) is 3.74. The minimum absolute atomic E-state index is 0.231. The Morgan fingerprint density at radius 1 is 0.464 bits per heavy atom. The van der Waals surface area contributed by atoms with Crippen LogP contribution in [0.15, 0.2) is 60.7 Å². The molecule has 0 atom stereocenters. The second-order valence-corrected chi connectivity index (χ2v) is 5.54. The number of nitrogens with zero attached hydrogens (tertiary/aromatic N) is 4. The van der Waals surface area contributed by atoms with Crippen molar-refractivity contribution in [2.45, 2.75) is 0 Å². The fraction of sp³-hybridized carbons (Fsp3) is 0. The first-order valence-corrected chi connectivity index (χ1v) is 8.01. The average molecular weight is 362 g/mol. The number of benzene rings is 3. The molecule has 0 aliphatic heterocycles. The predicted molar refractivity (Wildman–Crippen MR) is 98.3 cm³/mol. The van der Waals surface area contributed by atoms with Crippen LogP contribution >= 0.6 is 0 Å². The van der Waals surface area contributed by atoms with Gasteiger partial charge in [-0.3, -0.25) is 0 Å². The average Bonchev–Trinajstić information content (AvgIpc) is 2.73. The smallest absolute Gasteiger partial charge is 0.131 e. The zero-order valence-electron chi connectivity index (χ0n) is 14.4. The fourth-order valence-corrected chi connectivity index (χ4v) is 2.43. The Balaban J connectivity index is 1.82. The second-order valence-electron chi connectivity index (χ2n) is 5.54. The van der Waals surface area contributed by atoms with E-state index < -0.39 is 0 Å². The molecule has 0 saturated carbocycles. The summed E-state index contributed by atoms with van der Waals surface area (Å²) in [6.07, 6.45) is 0. The molecule has 0 fully saturated rings. The molecule has 0 aliphatic carbocycles. The van der Waals surface area contributed by atoms with Crippen LogP contribution in [0.25, 0.3) is 0 Å². The summed E-state index contributed by atoms with van der Waals surface area (Å²) in [6.45, 7) is 0. The molecule has 28 heavy (non-hydrogen) atoms. The van der Waals surface area contributed by atoms with Gasteiger partial charge in [0, 0.05) is 6.07 Å². The largest absolute Gasteiger partial charge is 0.457 e. The minimum Gasteiger partial charge on any atom is -0.457 e. The summed E-state index contributed by atoms with van der Waals surface area (Å²) < 4.78 is 11.5. The molecular formula is C22H10N4O2. The molecule has 0 radical (unpaired) electrons. The van der Waals surface area contributed by atoms with Crippen molar-refractivity contribution < 1.29 is 9.47 Å². The van der Waals surface area contributed by atoms with Crippen molar-refractivity contribution in [2.75, 3.05) is 0 Å². The molecule has 0 N–H and O–H groups in total. The molecule has 130 valence electrons. The zero-order valence-corrected chi connectivity index (χ0v) is 14.4. The van der Waals surface area contributed by atoms with Gasteiger partial charge >= 0.3 is 0 Å². The molecule has 0 bridgehead atoms. The number of ether oxygens (including phenoxy) is 2. The lowest BCUT2D eigenvalue weighted by Crippen LogP contribution is -1.90. The number of hydrogen-bond acceptors (Lipinski definition) is 6. The number of rotatable bonds is 4. The molecule has 3 aromatic rings. The minimum atomic E-state index is 0.231. The topological polar surface area (TPSA) is 114 Å². The van der Waals surface area contributed by atoms with E-state index in [4.69, 9.17) is 30.5 Å². The Kier molecular flexibility index (Phi) is 5.19. The lowest BCUT2D eigenvalue weighted by molar-refractivity contribution is 0.460. The van der Waals surface area contributed by atoms with Crippen LogP contribution in [0.3, 0.4) is 0 Å². The molecule has 6 nitrogen and oxygen atoms in total. The van der Waals surface area contributed by atoms with Crippen LogP contribution in [-0.2, 0) is 0 Å². The van der Waals surface area contributed by atoms with Crippen molar-refractivity contribution in [3.63, 3.8) is 0 Å². The molecule has 0 unspecified atom stereocenters. The van der Waals surface area contributed by atoms with E-state index in [0.29, 0.717) is 23.0 Å². The maximum Gasteiger partial charge on any atom is 0.131 e. The summed E-state index contributed by atoms with van der Waals surface area (Å²) in [5.74, 6) is 1.77. The number of nitriles is 4. The van der Waals surface area contributed by atoms with E-state index in [0.717, 1.165) is 0 Å². The van der Waals surface area contributed by atoms with Crippen molar-refractivity contribution >= 4 is 0 Å². The first kappa shape index (κ1) is 18.0. The van der Waals surface area contributed by atoms with Gasteiger partial charge in [-0.2, -0.15) is 21.0 Å². The molecule has 0 spiro atoms. The predicted octanol–water partition coefficient (Wildman–Crippen LogP) is 4.76. The molecule has 3 aromatic carbocycles. The van der Waals surface area contributed by atoms with Gasteiger partial charge in [-0.15, -0.1) is 0 Å². The van der Waals surface area contributed by atoms with E-state index >= 15 is 0 Å². The van der Waals surface area contributed by atoms with E-state index in [-0.39, 0.29) is 22.3 Å². The van der Waals surface area contributed by atoms with Crippen LogP contribution in [0.4, 0.5) is 0 Å². The summed E-state index contributed by atoms with van der Waals surface area (Å²) in [6, 6.07) is 23.9. The standard InChI is InChI=1S/C22H10N4O2/c23-11-15-4-6-21(8-17(15)13-25)27-19-2-1-3-20(10-19)28-22-7-5-16(12-24)18(9-22)14-26/h1-10H. The van der Waals surface area contributed by atoms with Crippen LogP contribution in [0.5, 0.6) is 23.0 Å². The van der Waals surface area contributed by atoms with Crippen LogP contribution in [-0.4, -0.2) is 0 Å².